The number of carbonyl (C=O) groups excluding carboxylic acids is 3. The minimum absolute atomic E-state index is 0.216. The highest BCUT2D eigenvalue weighted by atomic mass is 32.2. The van der Waals surface area contributed by atoms with Crippen molar-refractivity contribution in [1.82, 2.24) is 4.90 Å². The number of hydrogen-bond donors (Lipinski definition) is 0. The van der Waals surface area contributed by atoms with Crippen LogP contribution in [0.5, 0.6) is 0 Å². The molecule has 6 heteroatoms. The molecule has 0 heterocycles. The van der Waals surface area contributed by atoms with E-state index in [4.69, 9.17) is 4.74 Å². The Morgan fingerprint density at radius 2 is 1.82 bits per heavy atom. The highest BCUT2D eigenvalue weighted by Gasteiger charge is 2.61. The normalized spacial score (nSPS) is 26.5. The van der Waals surface area contributed by atoms with Crippen molar-refractivity contribution < 1.29 is 19.1 Å². The summed E-state index contributed by atoms with van der Waals surface area (Å²) >= 11 is 0.642. The molecule has 0 radical (unpaired) electrons. The van der Waals surface area contributed by atoms with Gasteiger partial charge in [0.1, 0.15) is 0 Å². The Kier molecular flexibility index (Phi) is 6.07. The van der Waals surface area contributed by atoms with Crippen molar-refractivity contribution in [2.45, 2.75) is 59.0 Å². The fourth-order valence-corrected chi connectivity index (χ4v) is 4.13. The molecule has 0 N–H and O–H groups in total. The zero-order valence-electron chi connectivity index (χ0n) is 14.4. The molecule has 1 saturated carbocycles. The average molecular weight is 329 g/mol. The summed E-state index contributed by atoms with van der Waals surface area (Å²) in [6.07, 6.45) is 2.44. The molecule has 2 atom stereocenters. The molecule has 22 heavy (non-hydrogen) atoms. The van der Waals surface area contributed by atoms with E-state index in [0.29, 0.717) is 18.2 Å². The fourth-order valence-electron chi connectivity index (χ4n) is 3.21. The summed E-state index contributed by atoms with van der Waals surface area (Å²) in [4.78, 5) is 38.0. The van der Waals surface area contributed by atoms with Gasteiger partial charge in [-0.1, -0.05) is 34.1 Å². The van der Waals surface area contributed by atoms with Crippen LogP contribution < -0.4 is 0 Å². The first-order chi connectivity index (χ1) is 10.1. The molecule has 0 bridgehead atoms. The highest BCUT2D eigenvalue weighted by Crippen LogP contribution is 2.55. The van der Waals surface area contributed by atoms with Crippen molar-refractivity contribution in [3.8, 4) is 0 Å². The van der Waals surface area contributed by atoms with Crippen molar-refractivity contribution in [1.29, 1.82) is 0 Å². The van der Waals surface area contributed by atoms with E-state index in [1.165, 1.54) is 4.90 Å². The maximum absolute atomic E-state index is 12.8. The summed E-state index contributed by atoms with van der Waals surface area (Å²) < 4.78 is 5.66. The van der Waals surface area contributed by atoms with Gasteiger partial charge in [0.15, 0.2) is 5.60 Å². The van der Waals surface area contributed by atoms with Crippen LogP contribution in [0.25, 0.3) is 0 Å². The number of hydrogen-bond acceptors (Lipinski definition) is 5. The van der Waals surface area contributed by atoms with Gasteiger partial charge >= 0.3 is 5.97 Å². The van der Waals surface area contributed by atoms with Crippen molar-refractivity contribution in [3.05, 3.63) is 0 Å². The first-order valence-electron chi connectivity index (χ1n) is 7.77. The maximum Gasteiger partial charge on any atom is 0.306 e. The smallest absolute Gasteiger partial charge is 0.306 e. The SMILES string of the molecule is CCC(=O)OC1(C(=O)SC(=O)N(C)C)CCC(CC)C1(C)C. The number of amides is 1. The topological polar surface area (TPSA) is 63.7 Å². The van der Waals surface area contributed by atoms with E-state index >= 15 is 0 Å². The van der Waals surface area contributed by atoms with Crippen molar-refractivity contribution >= 4 is 28.1 Å². The number of carbonyl (C=O) groups is 3. The summed E-state index contributed by atoms with van der Waals surface area (Å²) in [5, 5.41) is -0.693. The summed E-state index contributed by atoms with van der Waals surface area (Å²) in [6, 6.07) is 0. The Bertz CT molecular complexity index is 461. The van der Waals surface area contributed by atoms with Crippen LogP contribution in [0.15, 0.2) is 0 Å². The molecule has 2 unspecified atom stereocenters. The highest BCUT2D eigenvalue weighted by molar-refractivity contribution is 8.26. The van der Waals surface area contributed by atoms with Gasteiger partial charge in [-0.05, 0) is 18.8 Å². The Morgan fingerprint density at radius 3 is 2.23 bits per heavy atom. The Balaban J connectivity index is 3.16. The molecular weight excluding hydrogens is 302 g/mol. The molecule has 0 aromatic rings. The van der Waals surface area contributed by atoms with Crippen molar-refractivity contribution in [3.63, 3.8) is 0 Å². The summed E-state index contributed by atoms with van der Waals surface area (Å²) in [5.74, 6) is -0.104. The molecule has 0 saturated heterocycles. The maximum atomic E-state index is 12.8. The molecule has 0 aromatic heterocycles. The molecule has 1 amide bonds. The lowest BCUT2D eigenvalue weighted by Gasteiger charge is -2.41. The summed E-state index contributed by atoms with van der Waals surface area (Å²) in [7, 11) is 3.20. The van der Waals surface area contributed by atoms with E-state index in [1.807, 2.05) is 13.8 Å². The number of esters is 1. The third-order valence-corrected chi connectivity index (χ3v) is 5.91. The number of thioether (sulfide) groups is 1. The van der Waals surface area contributed by atoms with Crippen LogP contribution in [-0.2, 0) is 14.3 Å². The van der Waals surface area contributed by atoms with Gasteiger partial charge in [-0.25, -0.2) is 0 Å². The number of ether oxygens (including phenoxy) is 1. The number of rotatable bonds is 4. The van der Waals surface area contributed by atoms with E-state index in [2.05, 4.69) is 6.92 Å². The number of nitrogens with zero attached hydrogens (tertiary/aromatic N) is 1. The zero-order valence-corrected chi connectivity index (χ0v) is 15.2. The lowest BCUT2D eigenvalue weighted by molar-refractivity contribution is -0.175. The second kappa shape index (κ2) is 7.02. The van der Waals surface area contributed by atoms with Crippen molar-refractivity contribution in [2.75, 3.05) is 14.1 Å². The van der Waals surface area contributed by atoms with Gasteiger partial charge in [0.05, 0.1) is 0 Å². The predicted molar refractivity (Wildman–Crippen MR) is 87.6 cm³/mol. The third kappa shape index (κ3) is 3.31. The zero-order chi connectivity index (χ0) is 17.1. The third-order valence-electron chi connectivity index (χ3n) is 4.85. The van der Waals surface area contributed by atoms with E-state index in [9.17, 15) is 14.4 Å². The first-order valence-corrected chi connectivity index (χ1v) is 8.59. The standard InChI is InChI=1S/C16H27NO4S/c1-7-11-9-10-16(15(11,3)4,21-12(18)8-2)13(19)22-14(20)17(5)6/h11H,7-10H2,1-6H3. The molecule has 126 valence electrons. The predicted octanol–water partition coefficient (Wildman–Crippen LogP) is 3.47. The lowest BCUT2D eigenvalue weighted by atomic mass is 9.72. The molecule has 1 fully saturated rings. The molecule has 0 spiro atoms. The van der Waals surface area contributed by atoms with Gasteiger partial charge in [0, 0.05) is 37.7 Å². The summed E-state index contributed by atoms with van der Waals surface area (Å²) in [6.45, 7) is 7.72. The Hall–Kier alpha value is -1.04. The fraction of sp³-hybridized carbons (Fsp3) is 0.812. The second-order valence-electron chi connectivity index (χ2n) is 6.57. The van der Waals surface area contributed by atoms with Gasteiger partial charge in [-0.2, -0.15) is 0 Å². The molecule has 5 nitrogen and oxygen atoms in total. The van der Waals surface area contributed by atoms with Gasteiger partial charge in [-0.3, -0.25) is 14.4 Å². The van der Waals surface area contributed by atoms with Crippen LogP contribution in [0.3, 0.4) is 0 Å². The molecule has 1 rings (SSSR count). The Morgan fingerprint density at radius 1 is 1.23 bits per heavy atom. The second-order valence-corrected chi connectivity index (χ2v) is 7.49. The monoisotopic (exact) mass is 329 g/mol. The van der Waals surface area contributed by atoms with Crippen molar-refractivity contribution in [2.24, 2.45) is 11.3 Å². The van der Waals surface area contributed by atoms with E-state index in [-0.39, 0.29) is 22.7 Å². The van der Waals surface area contributed by atoms with E-state index in [0.717, 1.165) is 12.8 Å². The van der Waals surface area contributed by atoms with Gasteiger partial charge in [-0.15, -0.1) is 0 Å². The molecule has 1 aliphatic rings. The van der Waals surface area contributed by atoms with Crippen LogP contribution in [0.4, 0.5) is 4.79 Å². The van der Waals surface area contributed by atoms with Crippen LogP contribution in [0.2, 0.25) is 0 Å². The summed E-state index contributed by atoms with van der Waals surface area (Å²) in [5.41, 5.74) is -1.69. The van der Waals surface area contributed by atoms with Crippen LogP contribution in [-0.4, -0.2) is 40.9 Å². The average Bonchev–Trinajstić information content (AvgIpc) is 2.70. The minimum atomic E-state index is -1.21. The Labute approximate surface area is 137 Å². The van der Waals surface area contributed by atoms with Gasteiger partial charge < -0.3 is 9.64 Å². The van der Waals surface area contributed by atoms with E-state index in [1.54, 1.807) is 21.0 Å². The molecular formula is C16H27NO4S. The minimum Gasteiger partial charge on any atom is -0.449 e. The van der Waals surface area contributed by atoms with Crippen LogP contribution in [0, 0.1) is 11.3 Å². The first kappa shape index (κ1) is 19.0. The van der Waals surface area contributed by atoms with Crippen LogP contribution >= 0.6 is 11.8 Å². The van der Waals surface area contributed by atoms with Crippen LogP contribution in [0.1, 0.15) is 53.4 Å². The van der Waals surface area contributed by atoms with Gasteiger partial charge in [0.2, 0.25) is 5.12 Å². The molecule has 0 aliphatic heterocycles. The molecule has 0 aromatic carbocycles. The van der Waals surface area contributed by atoms with E-state index < -0.39 is 17.0 Å². The van der Waals surface area contributed by atoms with Gasteiger partial charge in [0.25, 0.3) is 5.24 Å². The quantitative estimate of drug-likeness (QED) is 0.739. The molecule has 1 aliphatic carbocycles. The largest absolute Gasteiger partial charge is 0.449 e. The lowest BCUT2D eigenvalue weighted by Crippen LogP contribution is -2.52.